The number of anilines is 1. The predicted octanol–water partition coefficient (Wildman–Crippen LogP) is 3.04. The Morgan fingerprint density at radius 1 is 1.12 bits per heavy atom. The number of aromatic nitrogens is 3. The lowest BCUT2D eigenvalue weighted by molar-refractivity contribution is -0.119. The van der Waals surface area contributed by atoms with Crippen molar-refractivity contribution in [3.05, 3.63) is 71.0 Å². The van der Waals surface area contributed by atoms with Gasteiger partial charge in [-0.25, -0.2) is 18.1 Å². The van der Waals surface area contributed by atoms with Gasteiger partial charge in [-0.2, -0.15) is 4.31 Å². The number of nitrogens with one attached hydrogen (secondary N) is 1. The molecule has 1 aliphatic rings. The quantitative estimate of drug-likeness (QED) is 0.619. The van der Waals surface area contributed by atoms with Crippen molar-refractivity contribution < 1.29 is 13.2 Å². The van der Waals surface area contributed by atoms with Gasteiger partial charge in [-0.15, -0.1) is 5.10 Å². The van der Waals surface area contributed by atoms with Crippen LogP contribution in [-0.2, 0) is 21.4 Å². The molecule has 1 aliphatic heterocycles. The van der Waals surface area contributed by atoms with E-state index in [0.29, 0.717) is 37.1 Å². The molecule has 168 valence electrons. The van der Waals surface area contributed by atoms with Crippen LogP contribution in [-0.4, -0.2) is 46.0 Å². The molecule has 1 atom stereocenters. The summed E-state index contributed by atoms with van der Waals surface area (Å²) < 4.78 is 29.9. The van der Waals surface area contributed by atoms with E-state index < -0.39 is 22.0 Å². The minimum Gasteiger partial charge on any atom is -0.292 e. The summed E-state index contributed by atoms with van der Waals surface area (Å²) in [4.78, 5) is 17.4. The van der Waals surface area contributed by atoms with Crippen molar-refractivity contribution in [2.75, 3.05) is 11.9 Å². The zero-order valence-corrected chi connectivity index (χ0v) is 19.3. The van der Waals surface area contributed by atoms with Crippen LogP contribution in [0, 0.1) is 20.8 Å². The van der Waals surface area contributed by atoms with Crippen LogP contribution in [0.25, 0.3) is 0 Å². The lowest BCUT2D eigenvalue weighted by atomic mass is 10.1. The second-order valence-corrected chi connectivity index (χ2v) is 10.1. The molecule has 2 aromatic carbocycles. The molecule has 1 unspecified atom stereocenters. The first-order chi connectivity index (χ1) is 15.3. The van der Waals surface area contributed by atoms with Gasteiger partial charge in [0.15, 0.2) is 0 Å². The fourth-order valence-corrected chi connectivity index (χ4v) is 6.44. The monoisotopic (exact) mass is 453 g/mol. The molecular weight excluding hydrogens is 426 g/mol. The number of carbonyl (C=O) groups is 1. The Morgan fingerprint density at radius 3 is 2.50 bits per heavy atom. The van der Waals surface area contributed by atoms with Crippen LogP contribution in [0.3, 0.4) is 0 Å². The van der Waals surface area contributed by atoms with E-state index in [1.54, 1.807) is 24.9 Å². The maximum Gasteiger partial charge on any atom is 0.248 e. The fraction of sp³-hybridized carbons (Fsp3) is 0.348. The van der Waals surface area contributed by atoms with Gasteiger partial charge in [0, 0.05) is 6.54 Å². The molecule has 32 heavy (non-hydrogen) atoms. The van der Waals surface area contributed by atoms with E-state index in [9.17, 15) is 13.2 Å². The minimum atomic E-state index is -3.81. The lowest BCUT2D eigenvalue weighted by Gasteiger charge is -2.25. The highest BCUT2D eigenvalue weighted by Gasteiger charge is 2.40. The molecule has 1 saturated heterocycles. The van der Waals surface area contributed by atoms with Crippen molar-refractivity contribution >= 4 is 21.9 Å². The third-order valence-electron chi connectivity index (χ3n) is 5.64. The average Bonchev–Trinajstić information content (AvgIpc) is 3.38. The summed E-state index contributed by atoms with van der Waals surface area (Å²) in [6, 6.07) is 12.7. The van der Waals surface area contributed by atoms with Crippen molar-refractivity contribution in [1.29, 1.82) is 0 Å². The Labute approximate surface area is 188 Å². The van der Waals surface area contributed by atoms with Gasteiger partial charge >= 0.3 is 0 Å². The number of hydrogen-bond acceptors (Lipinski definition) is 5. The van der Waals surface area contributed by atoms with Gasteiger partial charge < -0.3 is 0 Å². The van der Waals surface area contributed by atoms with Crippen molar-refractivity contribution in [2.45, 2.75) is 51.1 Å². The molecule has 1 N–H and O–H groups in total. The van der Waals surface area contributed by atoms with E-state index in [2.05, 4.69) is 15.4 Å². The normalized spacial score (nSPS) is 16.9. The van der Waals surface area contributed by atoms with Crippen LogP contribution in [0.15, 0.2) is 53.7 Å². The number of hydrogen-bond donors (Lipinski definition) is 1. The average molecular weight is 454 g/mol. The molecule has 3 aromatic rings. The topological polar surface area (TPSA) is 97.2 Å². The van der Waals surface area contributed by atoms with E-state index in [1.807, 2.05) is 49.4 Å². The van der Waals surface area contributed by atoms with Crippen molar-refractivity contribution in [2.24, 2.45) is 0 Å². The highest BCUT2D eigenvalue weighted by atomic mass is 32.2. The second-order valence-electron chi connectivity index (χ2n) is 8.24. The molecule has 2 heterocycles. The molecule has 0 bridgehead atoms. The largest absolute Gasteiger partial charge is 0.292 e. The first kappa shape index (κ1) is 22.2. The summed E-state index contributed by atoms with van der Waals surface area (Å²) in [5, 5.41) is 7.00. The summed E-state index contributed by atoms with van der Waals surface area (Å²) in [6.07, 6.45) is 2.63. The number of benzene rings is 2. The Balaban J connectivity index is 1.51. The zero-order chi connectivity index (χ0) is 22.9. The van der Waals surface area contributed by atoms with Crippen LogP contribution >= 0.6 is 0 Å². The summed E-state index contributed by atoms with van der Waals surface area (Å²) in [5.41, 5.74) is 3.45. The van der Waals surface area contributed by atoms with Gasteiger partial charge in [0.05, 0.1) is 11.4 Å². The molecular formula is C23H27N5O3S. The van der Waals surface area contributed by atoms with Crippen LogP contribution in [0.4, 0.5) is 5.95 Å². The van der Waals surface area contributed by atoms with E-state index in [0.717, 1.165) is 11.1 Å². The van der Waals surface area contributed by atoms with Crippen molar-refractivity contribution in [1.82, 2.24) is 19.1 Å². The van der Waals surface area contributed by atoms with Crippen molar-refractivity contribution in [3.63, 3.8) is 0 Å². The summed E-state index contributed by atoms with van der Waals surface area (Å²) in [5.74, 6) is -0.246. The molecule has 0 saturated carbocycles. The highest BCUT2D eigenvalue weighted by Crippen LogP contribution is 2.31. The van der Waals surface area contributed by atoms with Crippen LogP contribution in [0.2, 0.25) is 0 Å². The second kappa shape index (κ2) is 8.84. The van der Waals surface area contributed by atoms with Gasteiger partial charge in [0.2, 0.25) is 21.9 Å². The zero-order valence-electron chi connectivity index (χ0n) is 18.4. The van der Waals surface area contributed by atoms with Gasteiger partial charge in [-0.05, 0) is 50.3 Å². The van der Waals surface area contributed by atoms with Crippen LogP contribution in [0.5, 0.6) is 0 Å². The van der Waals surface area contributed by atoms with Gasteiger partial charge in [-0.1, -0.05) is 48.0 Å². The Hall–Kier alpha value is -3.04. The maximum absolute atomic E-state index is 13.5. The smallest absolute Gasteiger partial charge is 0.248 e. The molecule has 0 aliphatic carbocycles. The number of sulfonamides is 1. The van der Waals surface area contributed by atoms with Gasteiger partial charge in [-0.3, -0.25) is 10.1 Å². The fourth-order valence-electron chi connectivity index (χ4n) is 4.37. The first-order valence-electron chi connectivity index (χ1n) is 10.6. The van der Waals surface area contributed by atoms with Gasteiger partial charge in [0.25, 0.3) is 0 Å². The summed E-state index contributed by atoms with van der Waals surface area (Å²) in [6.45, 7) is 6.36. The minimum absolute atomic E-state index is 0.165. The lowest BCUT2D eigenvalue weighted by Crippen LogP contribution is -2.43. The SMILES string of the molecule is Cc1cc(C)c(S(=O)(=O)N2CCCC2C(=O)Nc2ncn(Cc3ccccc3)n2)c(C)c1. The Kier molecular flexibility index (Phi) is 6.12. The molecule has 0 radical (unpaired) electrons. The number of nitrogens with zero attached hydrogens (tertiary/aromatic N) is 4. The molecule has 0 spiro atoms. The number of aryl methyl sites for hydroxylation is 3. The Bertz CT molecular complexity index is 1210. The number of carbonyl (C=O) groups excluding carboxylic acids is 1. The van der Waals surface area contributed by atoms with Crippen LogP contribution in [0.1, 0.15) is 35.1 Å². The highest BCUT2D eigenvalue weighted by molar-refractivity contribution is 7.89. The summed E-state index contributed by atoms with van der Waals surface area (Å²) in [7, 11) is -3.81. The van der Waals surface area contributed by atoms with E-state index in [1.165, 1.54) is 4.31 Å². The molecule has 8 nitrogen and oxygen atoms in total. The van der Waals surface area contributed by atoms with Crippen molar-refractivity contribution in [3.8, 4) is 0 Å². The standard InChI is InChI=1S/C23H27N5O3S/c1-16-12-17(2)21(18(3)13-16)32(30,31)28-11-7-10-20(28)22(29)25-23-24-15-27(26-23)14-19-8-5-4-6-9-19/h4-6,8-9,12-13,15,20H,7,10-11,14H2,1-3H3,(H,25,26,29). The molecule has 1 amide bonds. The van der Waals surface area contributed by atoms with E-state index in [-0.39, 0.29) is 10.8 Å². The third-order valence-corrected chi connectivity index (χ3v) is 7.85. The molecule has 1 aromatic heterocycles. The maximum atomic E-state index is 13.5. The predicted molar refractivity (Wildman–Crippen MR) is 122 cm³/mol. The summed E-state index contributed by atoms with van der Waals surface area (Å²) >= 11 is 0. The molecule has 4 rings (SSSR count). The number of amides is 1. The molecule has 1 fully saturated rings. The van der Waals surface area contributed by atoms with Crippen LogP contribution < -0.4 is 5.32 Å². The molecule has 9 heteroatoms. The Morgan fingerprint density at radius 2 is 1.81 bits per heavy atom. The van der Waals surface area contributed by atoms with E-state index >= 15 is 0 Å². The van der Waals surface area contributed by atoms with E-state index in [4.69, 9.17) is 0 Å². The first-order valence-corrected chi connectivity index (χ1v) is 12.0. The third kappa shape index (κ3) is 4.44. The number of rotatable bonds is 6. The van der Waals surface area contributed by atoms with Gasteiger partial charge in [0.1, 0.15) is 12.4 Å².